The first-order valence-corrected chi connectivity index (χ1v) is 10.6. The Morgan fingerprint density at radius 2 is 2.03 bits per heavy atom. The zero-order valence-electron chi connectivity index (χ0n) is 17.2. The molecule has 0 radical (unpaired) electrons. The van der Waals surface area contributed by atoms with Crippen LogP contribution in [-0.4, -0.2) is 38.4 Å². The number of nitrogens with one attached hydrogen (secondary N) is 1. The number of benzene rings is 1. The number of aromatic amines is 1. The second-order valence-electron chi connectivity index (χ2n) is 8.59. The number of carbonyl (C=O) groups is 1. The number of fused-ring (bicyclic) bond motifs is 5. The third-order valence-corrected chi connectivity index (χ3v) is 6.68. The monoisotopic (exact) mass is 414 g/mol. The van der Waals surface area contributed by atoms with Crippen molar-refractivity contribution in [3.8, 4) is 11.4 Å². The summed E-state index contributed by atoms with van der Waals surface area (Å²) in [6, 6.07) is 11.6. The minimum atomic E-state index is -0.0635. The Morgan fingerprint density at radius 1 is 1.16 bits per heavy atom. The number of nitrogens with zero attached hydrogens (tertiary/aromatic N) is 3. The van der Waals surface area contributed by atoms with Gasteiger partial charge < -0.3 is 18.9 Å². The number of hydrogen-bond acceptors (Lipinski definition) is 4. The van der Waals surface area contributed by atoms with E-state index in [0.717, 1.165) is 28.6 Å². The molecule has 1 saturated heterocycles. The maximum absolute atomic E-state index is 13.4. The van der Waals surface area contributed by atoms with Gasteiger partial charge in [0, 0.05) is 54.6 Å². The molecule has 2 aliphatic heterocycles. The summed E-state index contributed by atoms with van der Waals surface area (Å²) in [4.78, 5) is 35.6. The van der Waals surface area contributed by atoms with E-state index >= 15 is 0 Å². The molecule has 7 nitrogen and oxygen atoms in total. The molecule has 0 unspecified atom stereocenters. The lowest BCUT2D eigenvalue weighted by atomic mass is 9.82. The third-order valence-electron chi connectivity index (χ3n) is 6.68. The molecule has 1 fully saturated rings. The fourth-order valence-corrected chi connectivity index (χ4v) is 5.23. The summed E-state index contributed by atoms with van der Waals surface area (Å²) in [6.07, 6.45) is 4.36. The summed E-state index contributed by atoms with van der Waals surface area (Å²) in [5.74, 6) is 1.33. The highest BCUT2D eigenvalue weighted by Crippen LogP contribution is 2.37. The minimum absolute atomic E-state index is 0.0185. The van der Waals surface area contributed by atoms with Crippen LogP contribution in [0.3, 0.4) is 0 Å². The van der Waals surface area contributed by atoms with Crippen LogP contribution in [0.1, 0.15) is 34.2 Å². The summed E-state index contributed by atoms with van der Waals surface area (Å²) >= 11 is 0. The second-order valence-corrected chi connectivity index (χ2v) is 8.59. The van der Waals surface area contributed by atoms with Gasteiger partial charge in [-0.15, -0.1) is 0 Å². The predicted molar refractivity (Wildman–Crippen MR) is 116 cm³/mol. The van der Waals surface area contributed by atoms with Crippen LogP contribution >= 0.6 is 0 Å². The average Bonchev–Trinajstić information content (AvgIpc) is 3.43. The zero-order valence-corrected chi connectivity index (χ0v) is 17.2. The third kappa shape index (κ3) is 2.76. The average molecular weight is 414 g/mol. The van der Waals surface area contributed by atoms with Gasteiger partial charge in [-0.3, -0.25) is 9.59 Å². The molecule has 1 amide bonds. The lowest BCUT2D eigenvalue weighted by molar-refractivity contribution is 0.0565. The fourth-order valence-electron chi connectivity index (χ4n) is 5.23. The van der Waals surface area contributed by atoms with Gasteiger partial charge in [0.1, 0.15) is 11.4 Å². The molecule has 1 aromatic carbocycles. The summed E-state index contributed by atoms with van der Waals surface area (Å²) in [5.41, 5.74) is 3.18. The van der Waals surface area contributed by atoms with Crippen molar-refractivity contribution in [2.45, 2.75) is 25.8 Å². The number of H-pyrrole nitrogens is 1. The number of pyridine rings is 1. The molecule has 156 valence electrons. The van der Waals surface area contributed by atoms with Crippen molar-refractivity contribution in [1.82, 2.24) is 19.4 Å². The molecule has 2 aliphatic rings. The van der Waals surface area contributed by atoms with E-state index in [0.29, 0.717) is 36.8 Å². The number of rotatable bonds is 2. The molecule has 2 atom stereocenters. The lowest BCUT2D eigenvalue weighted by Crippen LogP contribution is -2.49. The van der Waals surface area contributed by atoms with Crippen LogP contribution in [0, 0.1) is 12.8 Å². The Morgan fingerprint density at radius 3 is 2.84 bits per heavy atom. The van der Waals surface area contributed by atoms with Gasteiger partial charge in [-0.25, -0.2) is 4.98 Å². The van der Waals surface area contributed by atoms with E-state index in [1.54, 1.807) is 12.4 Å². The van der Waals surface area contributed by atoms with Crippen molar-refractivity contribution in [2.24, 2.45) is 5.92 Å². The molecular weight excluding hydrogens is 392 g/mol. The number of aryl methyl sites for hydroxylation is 1. The van der Waals surface area contributed by atoms with Crippen molar-refractivity contribution in [2.75, 3.05) is 13.1 Å². The Labute approximate surface area is 178 Å². The smallest absolute Gasteiger partial charge is 0.289 e. The fraction of sp³-hybridized carbons (Fsp3) is 0.292. The number of imidazole rings is 1. The molecular formula is C24H22N4O3. The van der Waals surface area contributed by atoms with Crippen molar-refractivity contribution in [1.29, 1.82) is 0 Å². The Hall–Kier alpha value is -3.61. The number of likely N-dealkylation sites (tertiary alicyclic amines) is 1. The highest BCUT2D eigenvalue weighted by molar-refractivity contribution is 5.99. The number of amides is 1. The van der Waals surface area contributed by atoms with Gasteiger partial charge in [0.05, 0.1) is 5.56 Å². The lowest BCUT2D eigenvalue weighted by Gasteiger charge is -2.42. The van der Waals surface area contributed by atoms with Crippen LogP contribution in [0.15, 0.2) is 58.0 Å². The molecule has 4 aromatic rings. The highest BCUT2D eigenvalue weighted by atomic mass is 16.3. The van der Waals surface area contributed by atoms with Crippen LogP contribution in [-0.2, 0) is 6.54 Å². The molecule has 6 rings (SSSR count). The van der Waals surface area contributed by atoms with Crippen LogP contribution in [0.2, 0.25) is 0 Å². The maximum Gasteiger partial charge on any atom is 0.289 e. The van der Waals surface area contributed by atoms with Gasteiger partial charge >= 0.3 is 0 Å². The van der Waals surface area contributed by atoms with E-state index in [2.05, 4.69) is 9.97 Å². The van der Waals surface area contributed by atoms with Crippen LogP contribution in [0.5, 0.6) is 0 Å². The Kier molecular flexibility index (Phi) is 3.93. The minimum Gasteiger partial charge on any atom is -0.451 e. The van der Waals surface area contributed by atoms with Crippen molar-refractivity contribution in [3.05, 3.63) is 76.2 Å². The molecule has 2 bridgehead atoms. The second kappa shape index (κ2) is 6.70. The highest BCUT2D eigenvalue weighted by Gasteiger charge is 2.38. The Bertz CT molecular complexity index is 1370. The van der Waals surface area contributed by atoms with Crippen LogP contribution in [0.4, 0.5) is 0 Å². The largest absolute Gasteiger partial charge is 0.451 e. The van der Waals surface area contributed by atoms with Gasteiger partial charge in [-0.2, -0.15) is 0 Å². The van der Waals surface area contributed by atoms with E-state index < -0.39 is 0 Å². The van der Waals surface area contributed by atoms with Crippen molar-refractivity contribution in [3.63, 3.8) is 0 Å². The molecule has 1 N–H and O–H groups in total. The Balaban J connectivity index is 1.33. The molecule has 3 aromatic heterocycles. The first-order chi connectivity index (χ1) is 15.1. The molecule has 31 heavy (non-hydrogen) atoms. The first-order valence-electron chi connectivity index (χ1n) is 10.6. The number of hydrogen-bond donors (Lipinski definition) is 1. The summed E-state index contributed by atoms with van der Waals surface area (Å²) in [6.45, 7) is 3.77. The predicted octanol–water partition coefficient (Wildman–Crippen LogP) is 3.55. The quantitative estimate of drug-likeness (QED) is 0.544. The van der Waals surface area contributed by atoms with E-state index in [-0.39, 0.29) is 23.3 Å². The molecule has 0 saturated carbocycles. The number of piperidine rings is 1. The summed E-state index contributed by atoms with van der Waals surface area (Å²) in [5, 5.41) is 0.977. The van der Waals surface area contributed by atoms with E-state index in [4.69, 9.17) is 4.42 Å². The molecule has 0 spiro atoms. The van der Waals surface area contributed by atoms with E-state index in [9.17, 15) is 9.59 Å². The maximum atomic E-state index is 13.4. The number of para-hydroxylation sites is 1. The van der Waals surface area contributed by atoms with Crippen LogP contribution < -0.4 is 5.56 Å². The normalized spacial score (nSPS) is 20.1. The van der Waals surface area contributed by atoms with Gasteiger partial charge in [-0.05, 0) is 37.5 Å². The molecule has 7 heteroatoms. The van der Waals surface area contributed by atoms with Gasteiger partial charge in [-0.1, -0.05) is 18.2 Å². The summed E-state index contributed by atoms with van der Waals surface area (Å²) < 4.78 is 7.80. The number of carbonyl (C=O) groups excluding carboxylic acids is 1. The molecule has 5 heterocycles. The number of furan rings is 1. The van der Waals surface area contributed by atoms with E-state index in [1.165, 1.54) is 0 Å². The van der Waals surface area contributed by atoms with Gasteiger partial charge in [0.2, 0.25) is 0 Å². The SMILES string of the molecule is Cc1c(C(=O)N2C[C@@H]3C[C@H](C2)c2ccc(-c4ncc[nH]4)c(=O)n2C3)oc2ccccc12. The zero-order chi connectivity index (χ0) is 21.1. The topological polar surface area (TPSA) is 84.1 Å². The standard InChI is InChI=1S/C24H22N4O3/c1-14-17-4-2-3-5-20(17)31-21(14)24(30)27-11-15-10-16(13-27)19-7-6-18(22-25-8-9-26-22)23(29)28(19)12-15/h2-9,15-16H,10-13H2,1H3,(H,25,26)/t15-,16+/m0/s1. The molecule has 0 aliphatic carbocycles. The van der Waals surface area contributed by atoms with E-state index in [1.807, 2.05) is 52.8 Å². The van der Waals surface area contributed by atoms with Crippen LogP contribution in [0.25, 0.3) is 22.4 Å². The van der Waals surface area contributed by atoms with Gasteiger partial charge in [0.15, 0.2) is 5.76 Å². The van der Waals surface area contributed by atoms with Crippen molar-refractivity contribution >= 4 is 16.9 Å². The summed E-state index contributed by atoms with van der Waals surface area (Å²) in [7, 11) is 0. The van der Waals surface area contributed by atoms with Crippen molar-refractivity contribution < 1.29 is 9.21 Å². The number of aromatic nitrogens is 3. The first kappa shape index (κ1) is 18.2. The van der Waals surface area contributed by atoms with Gasteiger partial charge in [0.25, 0.3) is 11.5 Å².